The molecule has 0 saturated carbocycles. The summed E-state index contributed by atoms with van der Waals surface area (Å²) in [5.74, 6) is 0.778. The van der Waals surface area contributed by atoms with Crippen molar-refractivity contribution >= 4 is 5.95 Å². The summed E-state index contributed by atoms with van der Waals surface area (Å²) in [6.45, 7) is 2.51. The molecule has 1 aromatic heterocycles. The Morgan fingerprint density at radius 3 is 2.88 bits per heavy atom. The zero-order valence-electron chi connectivity index (χ0n) is 9.47. The van der Waals surface area contributed by atoms with E-state index in [-0.39, 0.29) is 0 Å². The Kier molecular flexibility index (Phi) is 2.74. The van der Waals surface area contributed by atoms with Gasteiger partial charge in [-0.15, -0.1) is 0 Å². The minimum atomic E-state index is 0.544. The largest absolute Gasteiger partial charge is 0.350 e. The van der Waals surface area contributed by atoms with Crippen molar-refractivity contribution in [2.75, 3.05) is 18.4 Å². The summed E-state index contributed by atoms with van der Waals surface area (Å²) < 4.78 is 0. The number of nitrogens with zero attached hydrogens (tertiary/aromatic N) is 3. The third-order valence-electron chi connectivity index (χ3n) is 3.74. The van der Waals surface area contributed by atoms with Gasteiger partial charge in [-0.1, -0.05) is 6.42 Å². The van der Waals surface area contributed by atoms with E-state index in [1.165, 1.54) is 38.8 Å². The van der Waals surface area contributed by atoms with Crippen LogP contribution < -0.4 is 5.32 Å². The van der Waals surface area contributed by atoms with E-state index in [4.69, 9.17) is 0 Å². The minimum absolute atomic E-state index is 0.544. The second-order valence-corrected chi connectivity index (χ2v) is 4.71. The van der Waals surface area contributed by atoms with Gasteiger partial charge < -0.3 is 5.32 Å². The van der Waals surface area contributed by atoms with Crippen LogP contribution in [0.2, 0.25) is 0 Å². The quantitative estimate of drug-likeness (QED) is 0.817. The van der Waals surface area contributed by atoms with Crippen LogP contribution >= 0.6 is 0 Å². The van der Waals surface area contributed by atoms with E-state index in [1.807, 2.05) is 6.07 Å². The van der Waals surface area contributed by atoms with Crippen LogP contribution in [0.5, 0.6) is 0 Å². The molecule has 0 bridgehead atoms. The molecule has 2 aliphatic rings. The van der Waals surface area contributed by atoms with Crippen LogP contribution in [0.15, 0.2) is 18.5 Å². The average molecular weight is 218 g/mol. The molecule has 2 saturated heterocycles. The molecule has 4 nitrogen and oxygen atoms in total. The fourth-order valence-electron chi connectivity index (χ4n) is 2.96. The van der Waals surface area contributed by atoms with E-state index in [9.17, 15) is 0 Å². The normalized spacial score (nSPS) is 30.0. The first-order chi connectivity index (χ1) is 7.93. The van der Waals surface area contributed by atoms with Crippen molar-refractivity contribution in [3.63, 3.8) is 0 Å². The lowest BCUT2D eigenvalue weighted by molar-refractivity contribution is 0.192. The van der Waals surface area contributed by atoms with Gasteiger partial charge in [0.15, 0.2) is 0 Å². The predicted molar refractivity (Wildman–Crippen MR) is 63.3 cm³/mol. The first-order valence-electron chi connectivity index (χ1n) is 6.21. The van der Waals surface area contributed by atoms with Gasteiger partial charge in [-0.3, -0.25) is 4.90 Å². The number of hydrogen-bond acceptors (Lipinski definition) is 4. The Balaban J connectivity index is 1.67. The topological polar surface area (TPSA) is 41.1 Å². The Labute approximate surface area is 96.1 Å². The Bertz CT molecular complexity index is 340. The zero-order chi connectivity index (χ0) is 10.8. The van der Waals surface area contributed by atoms with Gasteiger partial charge in [-0.05, 0) is 31.9 Å². The van der Waals surface area contributed by atoms with Crippen LogP contribution in [0.1, 0.15) is 25.7 Å². The molecular formula is C12H18N4. The van der Waals surface area contributed by atoms with E-state index in [0.29, 0.717) is 12.1 Å². The SMILES string of the molecule is c1cnc(NC2CCN3CCCCC23)nc1. The number of anilines is 1. The van der Waals surface area contributed by atoms with Crippen LogP contribution in [0.4, 0.5) is 5.95 Å². The van der Waals surface area contributed by atoms with Gasteiger partial charge in [0, 0.05) is 31.0 Å². The van der Waals surface area contributed by atoms with Crippen LogP contribution in [0.25, 0.3) is 0 Å². The van der Waals surface area contributed by atoms with Crippen LogP contribution in [-0.4, -0.2) is 40.0 Å². The lowest BCUT2D eigenvalue weighted by Crippen LogP contribution is -2.41. The summed E-state index contributed by atoms with van der Waals surface area (Å²) in [5.41, 5.74) is 0. The molecule has 4 heteroatoms. The number of aromatic nitrogens is 2. The summed E-state index contributed by atoms with van der Waals surface area (Å²) in [6, 6.07) is 3.10. The second-order valence-electron chi connectivity index (χ2n) is 4.71. The molecule has 2 atom stereocenters. The summed E-state index contributed by atoms with van der Waals surface area (Å²) >= 11 is 0. The molecule has 2 unspecified atom stereocenters. The minimum Gasteiger partial charge on any atom is -0.350 e. The Hall–Kier alpha value is -1.16. The fourth-order valence-corrected chi connectivity index (χ4v) is 2.96. The molecule has 2 aliphatic heterocycles. The highest BCUT2D eigenvalue weighted by molar-refractivity contribution is 5.26. The van der Waals surface area contributed by atoms with E-state index in [2.05, 4.69) is 20.2 Å². The number of nitrogens with one attached hydrogen (secondary N) is 1. The van der Waals surface area contributed by atoms with Gasteiger partial charge in [-0.25, -0.2) is 9.97 Å². The summed E-state index contributed by atoms with van der Waals surface area (Å²) in [7, 11) is 0. The molecule has 0 aliphatic carbocycles. The van der Waals surface area contributed by atoms with Crippen LogP contribution in [0, 0.1) is 0 Å². The fraction of sp³-hybridized carbons (Fsp3) is 0.667. The molecule has 0 radical (unpaired) electrons. The first kappa shape index (κ1) is 10.0. The number of rotatable bonds is 2. The second kappa shape index (κ2) is 4.37. The molecule has 1 N–H and O–H groups in total. The van der Waals surface area contributed by atoms with Crippen molar-refractivity contribution < 1.29 is 0 Å². The lowest BCUT2D eigenvalue weighted by atomic mass is 9.99. The van der Waals surface area contributed by atoms with Crippen molar-refractivity contribution in [2.45, 2.75) is 37.8 Å². The molecule has 2 fully saturated rings. The van der Waals surface area contributed by atoms with Crippen molar-refractivity contribution in [3.8, 4) is 0 Å². The molecule has 1 aromatic rings. The van der Waals surface area contributed by atoms with Gasteiger partial charge in [0.25, 0.3) is 0 Å². The Morgan fingerprint density at radius 1 is 1.12 bits per heavy atom. The predicted octanol–water partition coefficient (Wildman–Crippen LogP) is 1.52. The maximum Gasteiger partial charge on any atom is 0.222 e. The van der Waals surface area contributed by atoms with Gasteiger partial charge in [-0.2, -0.15) is 0 Å². The Morgan fingerprint density at radius 2 is 2.00 bits per heavy atom. The first-order valence-corrected chi connectivity index (χ1v) is 6.21. The summed E-state index contributed by atoms with van der Waals surface area (Å²) in [5, 5.41) is 3.48. The van der Waals surface area contributed by atoms with E-state index in [0.717, 1.165) is 5.95 Å². The van der Waals surface area contributed by atoms with Gasteiger partial charge in [0.1, 0.15) is 0 Å². The molecule has 16 heavy (non-hydrogen) atoms. The summed E-state index contributed by atoms with van der Waals surface area (Å²) in [4.78, 5) is 11.1. The highest BCUT2D eigenvalue weighted by Crippen LogP contribution is 2.28. The van der Waals surface area contributed by atoms with Crippen molar-refractivity contribution in [1.29, 1.82) is 0 Å². The zero-order valence-corrected chi connectivity index (χ0v) is 9.47. The van der Waals surface area contributed by atoms with Crippen LogP contribution in [-0.2, 0) is 0 Å². The number of hydrogen-bond donors (Lipinski definition) is 1. The molecule has 0 aromatic carbocycles. The molecule has 0 spiro atoms. The van der Waals surface area contributed by atoms with E-state index >= 15 is 0 Å². The molecule has 0 amide bonds. The standard InChI is InChI=1S/C12H18N4/c1-2-8-16-9-5-10(11(16)4-1)15-12-13-6-3-7-14-12/h3,6-7,10-11H,1-2,4-5,8-9H2,(H,13,14,15). The number of fused-ring (bicyclic) bond motifs is 1. The molecule has 3 rings (SSSR count). The van der Waals surface area contributed by atoms with Gasteiger partial charge in [0.05, 0.1) is 0 Å². The maximum absolute atomic E-state index is 4.24. The van der Waals surface area contributed by atoms with Crippen molar-refractivity contribution in [3.05, 3.63) is 18.5 Å². The molecule has 3 heterocycles. The molecular weight excluding hydrogens is 200 g/mol. The van der Waals surface area contributed by atoms with Crippen molar-refractivity contribution in [1.82, 2.24) is 14.9 Å². The monoisotopic (exact) mass is 218 g/mol. The van der Waals surface area contributed by atoms with Gasteiger partial charge in [0.2, 0.25) is 5.95 Å². The third kappa shape index (κ3) is 1.89. The number of piperidine rings is 1. The maximum atomic E-state index is 4.24. The summed E-state index contributed by atoms with van der Waals surface area (Å²) in [6.07, 6.45) is 8.87. The van der Waals surface area contributed by atoms with Crippen LogP contribution in [0.3, 0.4) is 0 Å². The average Bonchev–Trinajstić information content (AvgIpc) is 2.74. The van der Waals surface area contributed by atoms with E-state index in [1.54, 1.807) is 12.4 Å². The third-order valence-corrected chi connectivity index (χ3v) is 3.74. The van der Waals surface area contributed by atoms with Gasteiger partial charge >= 0.3 is 0 Å². The highest BCUT2D eigenvalue weighted by atomic mass is 15.2. The smallest absolute Gasteiger partial charge is 0.222 e. The van der Waals surface area contributed by atoms with Crippen molar-refractivity contribution in [2.24, 2.45) is 0 Å². The van der Waals surface area contributed by atoms with E-state index < -0.39 is 0 Å². The molecule has 86 valence electrons. The highest BCUT2D eigenvalue weighted by Gasteiger charge is 2.35. The lowest BCUT2D eigenvalue weighted by Gasteiger charge is -2.32.